The number of ether oxygens (including phenoxy) is 2. The average molecular weight is 357 g/mol. The lowest BCUT2D eigenvalue weighted by Crippen LogP contribution is -2.28. The van der Waals surface area contributed by atoms with Gasteiger partial charge in [0, 0.05) is 6.54 Å². The van der Waals surface area contributed by atoms with E-state index < -0.39 is 35.8 Å². The maximum Gasteiger partial charge on any atom is 0.416 e. The van der Waals surface area contributed by atoms with Crippen molar-refractivity contribution in [1.82, 2.24) is 5.32 Å². The van der Waals surface area contributed by atoms with Gasteiger partial charge >= 0.3 is 6.18 Å². The van der Waals surface area contributed by atoms with Crippen molar-refractivity contribution < 1.29 is 31.8 Å². The Morgan fingerprint density at radius 3 is 2.36 bits per heavy atom. The maximum absolute atomic E-state index is 13.6. The molecular weight excluding hydrogens is 342 g/mol. The minimum atomic E-state index is -4.64. The second-order valence-electron chi connectivity index (χ2n) is 5.06. The highest BCUT2D eigenvalue weighted by atomic mass is 19.4. The fourth-order valence-electron chi connectivity index (χ4n) is 1.93. The molecule has 2 aromatic carbocycles. The Kier molecular flexibility index (Phi) is 5.84. The lowest BCUT2D eigenvalue weighted by molar-refractivity contribution is -0.137. The zero-order valence-corrected chi connectivity index (χ0v) is 13.2. The number of carbonyl (C=O) groups excluding carboxylic acids is 1. The van der Waals surface area contributed by atoms with Gasteiger partial charge in [-0.2, -0.15) is 13.2 Å². The van der Waals surface area contributed by atoms with Gasteiger partial charge in [-0.1, -0.05) is 12.1 Å². The predicted octanol–water partition coefficient (Wildman–Crippen LogP) is 3.55. The van der Waals surface area contributed by atoms with Gasteiger partial charge in [-0.3, -0.25) is 4.79 Å². The lowest BCUT2D eigenvalue weighted by Gasteiger charge is -2.11. The molecule has 4 nitrogen and oxygen atoms in total. The van der Waals surface area contributed by atoms with Crippen molar-refractivity contribution in [3.63, 3.8) is 0 Å². The smallest absolute Gasteiger partial charge is 0.416 e. The van der Waals surface area contributed by atoms with Gasteiger partial charge in [-0.15, -0.1) is 0 Å². The second kappa shape index (κ2) is 7.87. The summed E-state index contributed by atoms with van der Waals surface area (Å²) in [5, 5.41) is 2.55. The van der Waals surface area contributed by atoms with E-state index in [9.17, 15) is 22.4 Å². The first-order valence-corrected chi connectivity index (χ1v) is 7.19. The molecule has 0 saturated carbocycles. The number of benzene rings is 2. The molecular formula is C17H15F4NO3. The van der Waals surface area contributed by atoms with Gasteiger partial charge in [0.15, 0.2) is 18.2 Å². The van der Waals surface area contributed by atoms with Crippen LogP contribution in [0, 0.1) is 5.82 Å². The molecule has 0 saturated heterocycles. The molecule has 0 unspecified atom stereocenters. The molecule has 0 aliphatic heterocycles. The van der Waals surface area contributed by atoms with Crippen molar-refractivity contribution in [1.29, 1.82) is 0 Å². The van der Waals surface area contributed by atoms with Crippen LogP contribution in [0.4, 0.5) is 17.6 Å². The quantitative estimate of drug-likeness (QED) is 0.805. The standard InChI is InChI=1S/C17H15F4NO3/c1-24-13-5-2-11(3-6-13)9-22-16(23)10-25-15-7-4-12(8-14(15)18)17(19,20)21/h2-8H,9-10H2,1H3,(H,22,23). The largest absolute Gasteiger partial charge is 0.497 e. The molecule has 0 aromatic heterocycles. The number of hydrogen-bond acceptors (Lipinski definition) is 3. The van der Waals surface area contributed by atoms with Gasteiger partial charge in [0.2, 0.25) is 0 Å². The summed E-state index contributed by atoms with van der Waals surface area (Å²) in [5.41, 5.74) is -0.309. The van der Waals surface area contributed by atoms with Gasteiger partial charge in [0.05, 0.1) is 12.7 Å². The average Bonchev–Trinajstić information content (AvgIpc) is 2.58. The monoisotopic (exact) mass is 357 g/mol. The molecule has 25 heavy (non-hydrogen) atoms. The van der Waals surface area contributed by atoms with Gasteiger partial charge in [-0.05, 0) is 35.9 Å². The number of rotatable bonds is 6. The third-order valence-electron chi connectivity index (χ3n) is 3.27. The Bertz CT molecular complexity index is 730. The second-order valence-corrected chi connectivity index (χ2v) is 5.06. The molecule has 1 N–H and O–H groups in total. The normalized spacial score (nSPS) is 11.1. The van der Waals surface area contributed by atoms with E-state index in [1.54, 1.807) is 24.3 Å². The molecule has 0 heterocycles. The number of amides is 1. The van der Waals surface area contributed by atoms with Crippen molar-refractivity contribution in [2.45, 2.75) is 12.7 Å². The first kappa shape index (κ1) is 18.6. The van der Waals surface area contributed by atoms with Crippen LogP contribution in [0.25, 0.3) is 0 Å². The maximum atomic E-state index is 13.6. The van der Waals surface area contributed by atoms with Crippen LogP contribution in [0.15, 0.2) is 42.5 Å². The van der Waals surface area contributed by atoms with Crippen molar-refractivity contribution in [3.05, 3.63) is 59.4 Å². The zero-order valence-electron chi connectivity index (χ0n) is 13.2. The molecule has 0 bridgehead atoms. The van der Waals surface area contributed by atoms with E-state index in [2.05, 4.69) is 5.32 Å². The van der Waals surface area contributed by atoms with Crippen molar-refractivity contribution in [2.75, 3.05) is 13.7 Å². The van der Waals surface area contributed by atoms with Gasteiger partial charge in [0.25, 0.3) is 5.91 Å². The van der Waals surface area contributed by atoms with E-state index in [1.807, 2.05) is 0 Å². The number of nitrogens with one attached hydrogen (secondary N) is 1. The van der Waals surface area contributed by atoms with Gasteiger partial charge < -0.3 is 14.8 Å². The van der Waals surface area contributed by atoms with Crippen LogP contribution in [-0.2, 0) is 17.5 Å². The summed E-state index contributed by atoms with van der Waals surface area (Å²) in [6, 6.07) is 8.84. The summed E-state index contributed by atoms with van der Waals surface area (Å²) in [6.07, 6.45) is -4.64. The Balaban J connectivity index is 1.85. The first-order chi connectivity index (χ1) is 11.8. The highest BCUT2D eigenvalue weighted by Gasteiger charge is 2.31. The lowest BCUT2D eigenvalue weighted by atomic mass is 10.2. The van der Waals surface area contributed by atoms with Crippen LogP contribution < -0.4 is 14.8 Å². The van der Waals surface area contributed by atoms with Crippen LogP contribution >= 0.6 is 0 Å². The minimum absolute atomic E-state index is 0.224. The predicted molar refractivity (Wildman–Crippen MR) is 81.7 cm³/mol. The number of methoxy groups -OCH3 is 1. The SMILES string of the molecule is COc1ccc(CNC(=O)COc2ccc(C(F)(F)F)cc2F)cc1. The fraction of sp³-hybridized carbons (Fsp3) is 0.235. The molecule has 0 fully saturated rings. The number of halogens is 4. The van der Waals surface area contributed by atoms with E-state index >= 15 is 0 Å². The summed E-state index contributed by atoms with van der Waals surface area (Å²) in [5.74, 6) is -1.46. The highest BCUT2D eigenvalue weighted by molar-refractivity contribution is 5.77. The fourth-order valence-corrected chi connectivity index (χ4v) is 1.93. The van der Waals surface area contributed by atoms with Crippen LogP contribution in [0.2, 0.25) is 0 Å². The Morgan fingerprint density at radius 2 is 1.80 bits per heavy atom. The van der Waals surface area contributed by atoms with Crippen LogP contribution in [0.5, 0.6) is 11.5 Å². The molecule has 8 heteroatoms. The summed E-state index contributed by atoms with van der Waals surface area (Å²) in [6.45, 7) is -0.292. The van der Waals surface area contributed by atoms with E-state index in [0.29, 0.717) is 17.9 Å². The molecule has 0 aliphatic rings. The topological polar surface area (TPSA) is 47.6 Å². The van der Waals surface area contributed by atoms with Crippen molar-refractivity contribution in [3.8, 4) is 11.5 Å². The van der Waals surface area contributed by atoms with Crippen molar-refractivity contribution in [2.24, 2.45) is 0 Å². The summed E-state index contributed by atoms with van der Waals surface area (Å²) >= 11 is 0. The molecule has 1 amide bonds. The van der Waals surface area contributed by atoms with Gasteiger partial charge in [0.1, 0.15) is 5.75 Å². The summed E-state index contributed by atoms with van der Waals surface area (Å²) < 4.78 is 60.8. The highest BCUT2D eigenvalue weighted by Crippen LogP contribution is 2.31. The Morgan fingerprint density at radius 1 is 1.12 bits per heavy atom. The van der Waals surface area contributed by atoms with Crippen LogP contribution in [0.1, 0.15) is 11.1 Å². The molecule has 2 rings (SSSR count). The van der Waals surface area contributed by atoms with E-state index in [0.717, 1.165) is 11.6 Å². The summed E-state index contributed by atoms with van der Waals surface area (Å²) in [4.78, 5) is 11.7. The zero-order chi connectivity index (χ0) is 18.4. The van der Waals surface area contributed by atoms with Crippen LogP contribution in [0.3, 0.4) is 0 Å². The third-order valence-corrected chi connectivity index (χ3v) is 3.27. The molecule has 0 spiro atoms. The Labute approximate surface area is 141 Å². The molecule has 0 atom stereocenters. The Hall–Kier alpha value is -2.77. The number of alkyl halides is 3. The molecule has 0 radical (unpaired) electrons. The minimum Gasteiger partial charge on any atom is -0.497 e. The van der Waals surface area contributed by atoms with E-state index in [-0.39, 0.29) is 6.54 Å². The van der Waals surface area contributed by atoms with Crippen LogP contribution in [-0.4, -0.2) is 19.6 Å². The summed E-state index contributed by atoms with van der Waals surface area (Å²) in [7, 11) is 1.54. The number of hydrogen-bond donors (Lipinski definition) is 1. The van der Waals surface area contributed by atoms with E-state index in [4.69, 9.17) is 9.47 Å². The van der Waals surface area contributed by atoms with Crippen molar-refractivity contribution >= 4 is 5.91 Å². The molecule has 2 aromatic rings. The third kappa shape index (κ3) is 5.37. The molecule has 134 valence electrons. The number of carbonyl (C=O) groups is 1. The first-order valence-electron chi connectivity index (χ1n) is 7.19. The van der Waals surface area contributed by atoms with E-state index in [1.165, 1.54) is 7.11 Å². The molecule has 0 aliphatic carbocycles. The van der Waals surface area contributed by atoms with Gasteiger partial charge in [-0.25, -0.2) is 4.39 Å².